The Kier molecular flexibility index (Phi) is 6.28. The summed E-state index contributed by atoms with van der Waals surface area (Å²) >= 11 is 4.39. The minimum absolute atomic E-state index is 0.202. The summed E-state index contributed by atoms with van der Waals surface area (Å²) in [5.74, 6) is -0.202. The van der Waals surface area contributed by atoms with Crippen molar-refractivity contribution in [1.82, 2.24) is 15.5 Å². The van der Waals surface area contributed by atoms with Crippen molar-refractivity contribution in [3.63, 3.8) is 0 Å². The molecule has 2 rings (SSSR count). The molecule has 3 nitrogen and oxygen atoms in total. The van der Waals surface area contributed by atoms with Crippen LogP contribution >= 0.6 is 34.9 Å². The van der Waals surface area contributed by atoms with Crippen molar-refractivity contribution >= 4 is 34.9 Å². The average Bonchev–Trinajstić information content (AvgIpc) is 2.90. The Balaban J connectivity index is 2.16. The topological polar surface area (TPSA) is 37.8 Å². The molecule has 108 valence electrons. The van der Waals surface area contributed by atoms with E-state index in [1.54, 1.807) is 17.8 Å². The van der Waals surface area contributed by atoms with E-state index < -0.39 is 0 Å². The molecule has 0 aliphatic carbocycles. The zero-order valence-electron chi connectivity index (χ0n) is 11.4. The Morgan fingerprint density at radius 3 is 2.80 bits per heavy atom. The first-order chi connectivity index (χ1) is 9.74. The standard InChI is InChI=1S/C13H16FN3S3/c1-3-7-15-8-9-5-4-6-10(14)11(9)19-13-17-16-12(18-2)20-13/h4-6,15H,3,7-8H2,1-2H3. The Morgan fingerprint density at radius 2 is 2.10 bits per heavy atom. The molecule has 0 amide bonds. The summed E-state index contributed by atoms with van der Waals surface area (Å²) in [6.07, 6.45) is 3.02. The van der Waals surface area contributed by atoms with Crippen molar-refractivity contribution in [3.8, 4) is 0 Å². The lowest BCUT2D eigenvalue weighted by Gasteiger charge is -2.09. The van der Waals surface area contributed by atoms with Gasteiger partial charge in [0.2, 0.25) is 0 Å². The molecule has 0 atom stereocenters. The van der Waals surface area contributed by atoms with E-state index in [-0.39, 0.29) is 5.82 Å². The van der Waals surface area contributed by atoms with Gasteiger partial charge >= 0.3 is 0 Å². The number of nitrogens with one attached hydrogen (secondary N) is 1. The second-order valence-electron chi connectivity index (χ2n) is 4.04. The maximum Gasteiger partial charge on any atom is 0.179 e. The zero-order chi connectivity index (χ0) is 14.4. The van der Waals surface area contributed by atoms with E-state index in [0.717, 1.165) is 27.2 Å². The van der Waals surface area contributed by atoms with Gasteiger partial charge in [-0.2, -0.15) is 0 Å². The summed E-state index contributed by atoms with van der Waals surface area (Å²) in [6.45, 7) is 3.71. The van der Waals surface area contributed by atoms with Crippen molar-refractivity contribution < 1.29 is 4.39 Å². The van der Waals surface area contributed by atoms with Gasteiger partial charge in [0.1, 0.15) is 5.82 Å². The molecule has 2 aromatic rings. The van der Waals surface area contributed by atoms with Gasteiger partial charge in [-0.15, -0.1) is 10.2 Å². The van der Waals surface area contributed by atoms with Gasteiger partial charge in [0.25, 0.3) is 0 Å². The fourth-order valence-corrected chi connectivity index (χ4v) is 4.13. The predicted octanol–water partition coefficient (Wildman–Crippen LogP) is 4.05. The summed E-state index contributed by atoms with van der Waals surface area (Å²) in [7, 11) is 0. The third kappa shape index (κ3) is 4.18. The molecule has 0 saturated carbocycles. The van der Waals surface area contributed by atoms with Crippen molar-refractivity contribution in [1.29, 1.82) is 0 Å². The molecule has 0 spiro atoms. The van der Waals surface area contributed by atoms with Crippen molar-refractivity contribution in [3.05, 3.63) is 29.6 Å². The van der Waals surface area contributed by atoms with Crippen LogP contribution in [-0.2, 0) is 6.54 Å². The third-order valence-electron chi connectivity index (χ3n) is 2.54. The highest BCUT2D eigenvalue weighted by molar-refractivity contribution is 8.03. The summed E-state index contributed by atoms with van der Waals surface area (Å²) in [5, 5.41) is 11.4. The van der Waals surface area contributed by atoms with Gasteiger partial charge in [-0.3, -0.25) is 0 Å². The van der Waals surface area contributed by atoms with Gasteiger partial charge in [-0.1, -0.05) is 53.9 Å². The summed E-state index contributed by atoms with van der Waals surface area (Å²) in [4.78, 5) is 0.639. The van der Waals surface area contributed by atoms with Gasteiger partial charge < -0.3 is 5.32 Å². The SMILES string of the molecule is CCCNCc1cccc(F)c1Sc1nnc(SC)s1. The molecule has 1 N–H and O–H groups in total. The molecule has 0 fully saturated rings. The molecule has 1 aromatic heterocycles. The number of rotatable bonds is 7. The third-order valence-corrected chi connectivity index (χ3v) is 5.65. The monoisotopic (exact) mass is 329 g/mol. The highest BCUT2D eigenvalue weighted by Gasteiger charge is 2.13. The van der Waals surface area contributed by atoms with Crippen LogP contribution in [0.25, 0.3) is 0 Å². The molecule has 7 heteroatoms. The summed E-state index contributed by atoms with van der Waals surface area (Å²) in [5.41, 5.74) is 0.962. The molecule has 0 saturated heterocycles. The number of benzene rings is 1. The molecule has 0 aliphatic rings. The number of aromatic nitrogens is 2. The van der Waals surface area contributed by atoms with Crippen LogP contribution in [0.4, 0.5) is 4.39 Å². The van der Waals surface area contributed by atoms with Crippen molar-refractivity contribution in [2.24, 2.45) is 0 Å². The molecular weight excluding hydrogens is 313 g/mol. The largest absolute Gasteiger partial charge is 0.313 e. The van der Waals surface area contributed by atoms with Crippen LogP contribution in [0.15, 0.2) is 31.8 Å². The van der Waals surface area contributed by atoms with Crippen LogP contribution in [0.5, 0.6) is 0 Å². The number of hydrogen-bond acceptors (Lipinski definition) is 6. The lowest BCUT2D eigenvalue weighted by Crippen LogP contribution is -2.14. The van der Waals surface area contributed by atoms with Gasteiger partial charge in [-0.25, -0.2) is 4.39 Å². The van der Waals surface area contributed by atoms with Crippen LogP contribution in [0.1, 0.15) is 18.9 Å². The van der Waals surface area contributed by atoms with Crippen molar-refractivity contribution in [2.45, 2.75) is 33.5 Å². The number of halogens is 1. The van der Waals surface area contributed by atoms with Gasteiger partial charge in [0.15, 0.2) is 8.68 Å². The summed E-state index contributed by atoms with van der Waals surface area (Å²) in [6, 6.07) is 5.18. The fourth-order valence-electron chi connectivity index (χ4n) is 1.62. The lowest BCUT2D eigenvalue weighted by atomic mass is 10.2. The molecule has 1 heterocycles. The van der Waals surface area contributed by atoms with Crippen molar-refractivity contribution in [2.75, 3.05) is 12.8 Å². The van der Waals surface area contributed by atoms with Crippen LogP contribution in [0.2, 0.25) is 0 Å². The smallest absolute Gasteiger partial charge is 0.179 e. The van der Waals surface area contributed by atoms with Gasteiger partial charge in [0.05, 0.1) is 4.90 Å². The van der Waals surface area contributed by atoms with E-state index in [4.69, 9.17) is 0 Å². The van der Waals surface area contributed by atoms with Crippen LogP contribution in [0.3, 0.4) is 0 Å². The normalized spacial score (nSPS) is 10.9. The second-order valence-corrected chi connectivity index (χ2v) is 7.33. The molecule has 0 aliphatic heterocycles. The first-order valence-electron chi connectivity index (χ1n) is 6.28. The molecule has 0 bridgehead atoms. The quantitative estimate of drug-likeness (QED) is 0.613. The Labute approximate surface area is 130 Å². The minimum Gasteiger partial charge on any atom is -0.313 e. The first kappa shape index (κ1) is 15.8. The van der Waals surface area contributed by atoms with E-state index in [0.29, 0.717) is 11.4 Å². The van der Waals surface area contributed by atoms with E-state index in [1.165, 1.54) is 29.2 Å². The van der Waals surface area contributed by atoms with E-state index in [9.17, 15) is 4.39 Å². The second kappa shape index (κ2) is 7.97. The zero-order valence-corrected chi connectivity index (χ0v) is 13.8. The predicted molar refractivity (Wildman–Crippen MR) is 84.2 cm³/mol. The van der Waals surface area contributed by atoms with E-state index in [1.807, 2.05) is 12.3 Å². The number of nitrogens with zero attached hydrogens (tertiary/aromatic N) is 2. The van der Waals surface area contributed by atoms with Crippen LogP contribution in [0, 0.1) is 5.82 Å². The van der Waals surface area contributed by atoms with Gasteiger partial charge in [-0.05, 0) is 30.9 Å². The minimum atomic E-state index is -0.202. The molecule has 0 radical (unpaired) electrons. The van der Waals surface area contributed by atoms with Crippen LogP contribution < -0.4 is 5.32 Å². The Hall–Kier alpha value is -0.630. The van der Waals surface area contributed by atoms with Crippen LogP contribution in [-0.4, -0.2) is 23.0 Å². The Bertz CT molecular complexity index is 560. The average molecular weight is 329 g/mol. The lowest BCUT2D eigenvalue weighted by molar-refractivity contribution is 0.588. The molecular formula is C13H16FN3S3. The van der Waals surface area contributed by atoms with E-state index in [2.05, 4.69) is 22.4 Å². The maximum absolute atomic E-state index is 14.0. The highest BCUT2D eigenvalue weighted by atomic mass is 32.2. The van der Waals surface area contributed by atoms with Gasteiger partial charge in [0, 0.05) is 6.54 Å². The fraction of sp³-hybridized carbons (Fsp3) is 0.385. The summed E-state index contributed by atoms with van der Waals surface area (Å²) < 4.78 is 15.7. The molecule has 1 aromatic carbocycles. The number of thioether (sulfide) groups is 1. The molecule has 0 unspecified atom stereocenters. The highest BCUT2D eigenvalue weighted by Crippen LogP contribution is 2.36. The molecule has 20 heavy (non-hydrogen) atoms. The maximum atomic E-state index is 14.0. The first-order valence-corrected chi connectivity index (χ1v) is 9.13. The van der Waals surface area contributed by atoms with E-state index >= 15 is 0 Å². The number of hydrogen-bond donors (Lipinski definition) is 1. The Morgan fingerprint density at radius 1 is 1.30 bits per heavy atom.